The second-order valence-corrected chi connectivity index (χ2v) is 6.06. The van der Waals surface area contributed by atoms with Gasteiger partial charge in [-0.1, -0.05) is 0 Å². The molecule has 1 aliphatic rings. The Morgan fingerprint density at radius 3 is 2.81 bits per heavy atom. The Kier molecular flexibility index (Phi) is 6.10. The number of hydrogen-bond donors (Lipinski definition) is 1. The molecule has 2 aromatic rings. The largest absolute Gasteiger partial charge is 0.481 e. The van der Waals surface area contributed by atoms with Crippen LogP contribution >= 0.6 is 0 Å². The normalized spacial score (nSPS) is 12.4. The fourth-order valence-corrected chi connectivity index (χ4v) is 2.92. The molecule has 0 radical (unpaired) electrons. The summed E-state index contributed by atoms with van der Waals surface area (Å²) in [6.45, 7) is 1.49. The summed E-state index contributed by atoms with van der Waals surface area (Å²) in [4.78, 5) is 17.2. The van der Waals surface area contributed by atoms with Crippen LogP contribution in [-0.4, -0.2) is 61.7 Å². The van der Waals surface area contributed by atoms with Crippen LogP contribution in [0.2, 0.25) is 0 Å². The first-order valence-electron chi connectivity index (χ1n) is 8.46. The quantitative estimate of drug-likeness (QED) is 0.713. The van der Waals surface area contributed by atoms with E-state index in [0.29, 0.717) is 37.1 Å². The van der Waals surface area contributed by atoms with Crippen molar-refractivity contribution in [2.24, 2.45) is 0 Å². The molecule has 1 N–H and O–H groups in total. The zero-order valence-corrected chi connectivity index (χ0v) is 15.3. The molecule has 8 nitrogen and oxygen atoms in total. The van der Waals surface area contributed by atoms with Crippen LogP contribution in [0.25, 0.3) is 11.1 Å². The van der Waals surface area contributed by atoms with E-state index < -0.39 is 5.97 Å². The van der Waals surface area contributed by atoms with Gasteiger partial charge in [-0.05, 0) is 23.8 Å². The van der Waals surface area contributed by atoms with Gasteiger partial charge in [0.05, 0.1) is 20.3 Å². The van der Waals surface area contributed by atoms with Gasteiger partial charge in [-0.2, -0.15) is 0 Å². The summed E-state index contributed by atoms with van der Waals surface area (Å²) in [6, 6.07) is 7.52. The number of benzene rings is 1. The van der Waals surface area contributed by atoms with Gasteiger partial charge in [0.2, 0.25) is 12.7 Å². The van der Waals surface area contributed by atoms with Crippen LogP contribution in [0.5, 0.6) is 17.4 Å². The summed E-state index contributed by atoms with van der Waals surface area (Å²) >= 11 is 0. The molecule has 27 heavy (non-hydrogen) atoms. The molecule has 144 valence electrons. The number of ether oxygens (including phenoxy) is 4. The average Bonchev–Trinajstić information content (AvgIpc) is 3.13. The van der Waals surface area contributed by atoms with Gasteiger partial charge < -0.3 is 24.1 Å². The monoisotopic (exact) mass is 374 g/mol. The topological polar surface area (TPSA) is 90.4 Å². The van der Waals surface area contributed by atoms with Gasteiger partial charge >= 0.3 is 5.97 Å². The Morgan fingerprint density at radius 1 is 1.30 bits per heavy atom. The lowest BCUT2D eigenvalue weighted by atomic mass is 10.0. The van der Waals surface area contributed by atoms with Crippen LogP contribution in [0.3, 0.4) is 0 Å². The highest BCUT2D eigenvalue weighted by molar-refractivity contribution is 5.75. The first-order chi connectivity index (χ1) is 13.1. The molecule has 0 amide bonds. The molecule has 1 aromatic carbocycles. The summed E-state index contributed by atoms with van der Waals surface area (Å²) in [5.41, 5.74) is 2.63. The lowest BCUT2D eigenvalue weighted by Crippen LogP contribution is -2.32. The number of pyridine rings is 1. The number of carboxylic acid groups (broad SMARTS) is 1. The second kappa shape index (κ2) is 8.70. The Labute approximate surface area is 157 Å². The van der Waals surface area contributed by atoms with Crippen molar-refractivity contribution in [3.05, 3.63) is 36.0 Å². The van der Waals surface area contributed by atoms with E-state index >= 15 is 0 Å². The highest BCUT2D eigenvalue weighted by Gasteiger charge is 2.22. The summed E-state index contributed by atoms with van der Waals surface area (Å²) in [5, 5.41) is 9.15. The summed E-state index contributed by atoms with van der Waals surface area (Å²) in [7, 11) is 3.16. The maximum atomic E-state index is 11.2. The van der Waals surface area contributed by atoms with Gasteiger partial charge in [0.1, 0.15) is 0 Å². The third-order valence-electron chi connectivity index (χ3n) is 4.17. The van der Waals surface area contributed by atoms with Crippen LogP contribution in [0, 0.1) is 0 Å². The van der Waals surface area contributed by atoms with Gasteiger partial charge in [0.25, 0.3) is 0 Å². The molecule has 0 atom stereocenters. The van der Waals surface area contributed by atoms with Crippen molar-refractivity contribution in [2.75, 3.05) is 40.7 Å². The van der Waals surface area contributed by atoms with E-state index in [-0.39, 0.29) is 13.3 Å². The predicted molar refractivity (Wildman–Crippen MR) is 97.1 cm³/mol. The molecule has 0 saturated heterocycles. The van der Waals surface area contributed by atoms with Crippen LogP contribution in [0.1, 0.15) is 5.56 Å². The number of aliphatic carboxylic acids is 1. The summed E-state index contributed by atoms with van der Waals surface area (Å²) in [5.74, 6) is 0.940. The molecule has 2 heterocycles. The van der Waals surface area contributed by atoms with Crippen molar-refractivity contribution in [3.8, 4) is 28.5 Å². The van der Waals surface area contributed by atoms with Crippen LogP contribution < -0.4 is 14.2 Å². The van der Waals surface area contributed by atoms with Crippen molar-refractivity contribution in [2.45, 2.75) is 6.54 Å². The maximum Gasteiger partial charge on any atom is 0.317 e. The molecule has 0 spiro atoms. The number of fused-ring (bicyclic) bond motifs is 1. The van der Waals surface area contributed by atoms with E-state index in [1.807, 2.05) is 18.2 Å². The smallest absolute Gasteiger partial charge is 0.317 e. The number of methoxy groups -OCH3 is 2. The molecular weight excluding hydrogens is 352 g/mol. The third kappa shape index (κ3) is 4.66. The minimum Gasteiger partial charge on any atom is -0.481 e. The fraction of sp³-hybridized carbons (Fsp3) is 0.368. The third-order valence-corrected chi connectivity index (χ3v) is 4.17. The number of carboxylic acids is 1. The molecule has 0 aliphatic carbocycles. The molecule has 0 saturated carbocycles. The number of hydrogen-bond acceptors (Lipinski definition) is 7. The molecule has 0 unspecified atom stereocenters. The second-order valence-electron chi connectivity index (χ2n) is 6.06. The number of rotatable bonds is 9. The molecule has 0 bridgehead atoms. The van der Waals surface area contributed by atoms with Crippen LogP contribution in [-0.2, 0) is 16.1 Å². The SMILES string of the molecule is COCCN(CC(=O)O)Cc1cc2c(c(-c3ccc(OC)nc3)c1)OCO2. The minimum absolute atomic E-state index is 0.0722. The average molecular weight is 374 g/mol. The fourth-order valence-electron chi connectivity index (χ4n) is 2.92. The van der Waals surface area contributed by atoms with Gasteiger partial charge in [-0.25, -0.2) is 4.98 Å². The van der Waals surface area contributed by atoms with Crippen LogP contribution in [0.4, 0.5) is 0 Å². The molecule has 0 fully saturated rings. The van der Waals surface area contributed by atoms with Crippen molar-refractivity contribution in [1.29, 1.82) is 0 Å². The first kappa shape index (κ1) is 18.9. The van der Waals surface area contributed by atoms with E-state index in [4.69, 9.17) is 24.1 Å². The van der Waals surface area contributed by atoms with Gasteiger partial charge in [-0.15, -0.1) is 0 Å². The highest BCUT2D eigenvalue weighted by atomic mass is 16.7. The van der Waals surface area contributed by atoms with Crippen LogP contribution in [0.15, 0.2) is 30.5 Å². The molecule has 8 heteroatoms. The number of aromatic nitrogens is 1. The van der Waals surface area contributed by atoms with E-state index in [2.05, 4.69) is 4.98 Å². The molecule has 3 rings (SSSR count). The number of nitrogens with zero attached hydrogens (tertiary/aromatic N) is 2. The van der Waals surface area contributed by atoms with Crippen molar-refractivity contribution in [3.63, 3.8) is 0 Å². The van der Waals surface area contributed by atoms with Crippen molar-refractivity contribution < 1.29 is 28.8 Å². The predicted octanol–water partition coefficient (Wildman–Crippen LogP) is 2.02. The lowest BCUT2D eigenvalue weighted by Gasteiger charge is -2.20. The minimum atomic E-state index is -0.883. The zero-order chi connectivity index (χ0) is 19.2. The zero-order valence-electron chi connectivity index (χ0n) is 15.3. The number of carbonyl (C=O) groups is 1. The van der Waals surface area contributed by atoms with E-state index in [9.17, 15) is 4.79 Å². The van der Waals surface area contributed by atoms with E-state index in [0.717, 1.165) is 16.7 Å². The summed E-state index contributed by atoms with van der Waals surface area (Å²) in [6.07, 6.45) is 1.71. The first-order valence-corrected chi connectivity index (χ1v) is 8.46. The maximum absolute atomic E-state index is 11.2. The Bertz CT molecular complexity index is 794. The van der Waals surface area contributed by atoms with Crippen molar-refractivity contribution >= 4 is 5.97 Å². The lowest BCUT2D eigenvalue weighted by molar-refractivity contribution is -0.138. The molecule has 1 aliphatic heterocycles. The standard InChI is InChI=1S/C19H22N2O6/c1-24-6-5-21(11-18(22)23)10-13-7-15(19-16(8-13)26-12-27-19)14-3-4-17(25-2)20-9-14/h3-4,7-9H,5-6,10-12H2,1-2H3,(H,22,23). The van der Waals surface area contributed by atoms with Gasteiger partial charge in [0, 0.05) is 43.6 Å². The van der Waals surface area contributed by atoms with Gasteiger partial charge in [0.15, 0.2) is 11.5 Å². The van der Waals surface area contributed by atoms with E-state index in [1.54, 1.807) is 31.4 Å². The van der Waals surface area contributed by atoms with Crippen molar-refractivity contribution in [1.82, 2.24) is 9.88 Å². The molecule has 1 aromatic heterocycles. The summed E-state index contributed by atoms with van der Waals surface area (Å²) < 4.78 is 21.4. The van der Waals surface area contributed by atoms with Gasteiger partial charge in [-0.3, -0.25) is 9.69 Å². The Hall–Kier alpha value is -2.84. The van der Waals surface area contributed by atoms with E-state index in [1.165, 1.54) is 0 Å². The Balaban J connectivity index is 1.90. The highest BCUT2D eigenvalue weighted by Crippen LogP contribution is 2.42. The Morgan fingerprint density at radius 2 is 2.15 bits per heavy atom. The molecular formula is C19H22N2O6.